The summed E-state index contributed by atoms with van der Waals surface area (Å²) in [6.45, 7) is 0. The zero-order chi connectivity index (χ0) is 19.6. The molecule has 0 saturated heterocycles. The third-order valence-corrected chi connectivity index (χ3v) is 7.30. The van der Waals surface area contributed by atoms with Crippen molar-refractivity contribution < 1.29 is 12.8 Å². The molecule has 0 bridgehead atoms. The molecule has 3 aromatic rings. The molecule has 146 valence electrons. The molecule has 0 aliphatic heterocycles. The Morgan fingerprint density at radius 2 is 1.64 bits per heavy atom. The van der Waals surface area contributed by atoms with Gasteiger partial charge in [0.1, 0.15) is 5.82 Å². The summed E-state index contributed by atoms with van der Waals surface area (Å²) in [5, 5.41) is 1.98. The van der Waals surface area contributed by atoms with Crippen LogP contribution < -0.4 is 4.80 Å². The van der Waals surface area contributed by atoms with Gasteiger partial charge in [-0.1, -0.05) is 49.6 Å². The lowest BCUT2D eigenvalue weighted by atomic mass is 9.95. The zero-order valence-corrected chi connectivity index (χ0v) is 16.9. The Balaban J connectivity index is 1.85. The number of halogens is 1. The van der Waals surface area contributed by atoms with Crippen molar-refractivity contribution in [1.29, 1.82) is 0 Å². The molecule has 1 aliphatic rings. The van der Waals surface area contributed by atoms with Gasteiger partial charge in [0.2, 0.25) is 4.80 Å². The van der Waals surface area contributed by atoms with E-state index < -0.39 is 15.8 Å². The summed E-state index contributed by atoms with van der Waals surface area (Å²) in [6, 6.07) is 15.0. The van der Waals surface area contributed by atoms with Crippen LogP contribution in [-0.2, 0) is 10.0 Å². The second-order valence-corrected chi connectivity index (χ2v) is 9.39. The lowest BCUT2D eigenvalue weighted by Gasteiger charge is -2.25. The van der Waals surface area contributed by atoms with Gasteiger partial charge in [-0.25, -0.2) is 4.39 Å². The number of hydrogen-bond donors (Lipinski definition) is 0. The number of aromatic nitrogens is 1. The molecular weight excluding hydrogens is 395 g/mol. The molecule has 28 heavy (non-hydrogen) atoms. The first-order valence-electron chi connectivity index (χ1n) is 9.37. The van der Waals surface area contributed by atoms with Crippen molar-refractivity contribution >= 4 is 21.4 Å². The molecule has 0 spiro atoms. The SMILES string of the molecule is O=S(=O)(N=c1scc(-c2ccccc2)n1C1CCCCC1)c1ccc(F)cc1. The van der Waals surface area contributed by atoms with E-state index in [4.69, 9.17) is 0 Å². The Labute approximate surface area is 168 Å². The number of nitrogens with zero attached hydrogens (tertiary/aromatic N) is 2. The summed E-state index contributed by atoms with van der Waals surface area (Å²) in [5.41, 5.74) is 2.04. The molecule has 0 N–H and O–H groups in total. The maximum absolute atomic E-state index is 13.2. The first-order chi connectivity index (χ1) is 13.5. The third kappa shape index (κ3) is 3.95. The van der Waals surface area contributed by atoms with Gasteiger partial charge >= 0.3 is 0 Å². The molecule has 0 unspecified atom stereocenters. The highest BCUT2D eigenvalue weighted by Gasteiger charge is 2.22. The predicted molar refractivity (Wildman–Crippen MR) is 109 cm³/mol. The van der Waals surface area contributed by atoms with Crippen molar-refractivity contribution in [1.82, 2.24) is 4.57 Å². The van der Waals surface area contributed by atoms with Crippen LogP contribution in [0.5, 0.6) is 0 Å². The average molecular weight is 417 g/mol. The molecule has 1 aliphatic carbocycles. The number of thiazole rings is 1. The molecule has 4 nitrogen and oxygen atoms in total. The number of benzene rings is 2. The van der Waals surface area contributed by atoms with E-state index in [2.05, 4.69) is 8.96 Å². The van der Waals surface area contributed by atoms with Crippen LogP contribution in [0.4, 0.5) is 4.39 Å². The molecule has 2 aromatic carbocycles. The molecule has 1 fully saturated rings. The number of hydrogen-bond acceptors (Lipinski definition) is 3. The zero-order valence-electron chi connectivity index (χ0n) is 15.3. The standard InChI is InChI=1S/C21H21FN2O2S2/c22-17-11-13-19(14-12-17)28(25,26)23-21-24(18-9-5-2-6-10-18)20(15-27-21)16-7-3-1-4-8-16/h1,3-4,7-8,11-15,18H,2,5-6,9-10H2. The topological polar surface area (TPSA) is 51.4 Å². The normalized spacial score (nSPS) is 16.4. The quantitative estimate of drug-likeness (QED) is 0.591. The fourth-order valence-corrected chi connectivity index (χ4v) is 5.83. The van der Waals surface area contributed by atoms with Crippen LogP contribution in [0.25, 0.3) is 11.3 Å². The summed E-state index contributed by atoms with van der Waals surface area (Å²) in [4.78, 5) is 0.467. The summed E-state index contributed by atoms with van der Waals surface area (Å²) < 4.78 is 45.0. The summed E-state index contributed by atoms with van der Waals surface area (Å²) >= 11 is 1.33. The lowest BCUT2D eigenvalue weighted by molar-refractivity contribution is 0.351. The molecule has 1 saturated carbocycles. The minimum absolute atomic E-state index is 0.00115. The van der Waals surface area contributed by atoms with E-state index in [-0.39, 0.29) is 10.9 Å². The van der Waals surface area contributed by atoms with Crippen LogP contribution in [0.1, 0.15) is 38.1 Å². The Kier molecular flexibility index (Phi) is 5.46. The largest absolute Gasteiger partial charge is 0.313 e. The summed E-state index contributed by atoms with van der Waals surface area (Å²) in [5.74, 6) is -0.473. The van der Waals surface area contributed by atoms with Crippen molar-refractivity contribution in [2.24, 2.45) is 4.40 Å². The molecule has 0 amide bonds. The lowest BCUT2D eigenvalue weighted by Crippen LogP contribution is -2.25. The van der Waals surface area contributed by atoms with Gasteiger partial charge in [0.25, 0.3) is 10.0 Å². The highest BCUT2D eigenvalue weighted by Crippen LogP contribution is 2.32. The van der Waals surface area contributed by atoms with Gasteiger partial charge in [-0.3, -0.25) is 0 Å². The Morgan fingerprint density at radius 3 is 2.32 bits per heavy atom. The van der Waals surface area contributed by atoms with Gasteiger partial charge in [-0.2, -0.15) is 8.42 Å². The van der Waals surface area contributed by atoms with Gasteiger partial charge in [0.15, 0.2) is 0 Å². The molecule has 4 rings (SSSR count). The van der Waals surface area contributed by atoms with Gasteiger partial charge in [0.05, 0.1) is 10.6 Å². The van der Waals surface area contributed by atoms with E-state index >= 15 is 0 Å². The van der Waals surface area contributed by atoms with Crippen molar-refractivity contribution in [3.05, 3.63) is 70.6 Å². The monoisotopic (exact) mass is 416 g/mol. The average Bonchev–Trinajstić information content (AvgIpc) is 3.12. The first kappa shape index (κ1) is 19.1. The number of sulfonamides is 1. The Bertz CT molecular complexity index is 1110. The summed E-state index contributed by atoms with van der Waals surface area (Å²) in [7, 11) is -3.91. The first-order valence-corrected chi connectivity index (χ1v) is 11.7. The van der Waals surface area contributed by atoms with E-state index in [1.165, 1.54) is 29.9 Å². The van der Waals surface area contributed by atoms with Crippen LogP contribution >= 0.6 is 11.3 Å². The minimum atomic E-state index is -3.91. The van der Waals surface area contributed by atoms with Gasteiger partial charge in [-0.05, 0) is 42.7 Å². The van der Waals surface area contributed by atoms with Crippen LogP contribution in [0.2, 0.25) is 0 Å². The van der Waals surface area contributed by atoms with Crippen molar-refractivity contribution in [3.8, 4) is 11.3 Å². The third-order valence-electron chi connectivity index (χ3n) is 5.06. The van der Waals surface area contributed by atoms with E-state index in [1.807, 2.05) is 35.7 Å². The maximum Gasteiger partial charge on any atom is 0.285 e. The van der Waals surface area contributed by atoms with E-state index in [0.29, 0.717) is 4.80 Å². The van der Waals surface area contributed by atoms with Crippen molar-refractivity contribution in [2.75, 3.05) is 0 Å². The molecular formula is C21H21FN2O2S2. The van der Waals surface area contributed by atoms with Gasteiger partial charge < -0.3 is 4.57 Å². The minimum Gasteiger partial charge on any atom is -0.313 e. The molecule has 1 aromatic heterocycles. The van der Waals surface area contributed by atoms with Crippen LogP contribution in [0.15, 0.2) is 69.3 Å². The van der Waals surface area contributed by atoms with Crippen molar-refractivity contribution in [3.63, 3.8) is 0 Å². The van der Waals surface area contributed by atoms with Gasteiger partial charge in [0, 0.05) is 11.4 Å². The second-order valence-electron chi connectivity index (χ2n) is 6.95. The Hall–Kier alpha value is -2.25. The van der Waals surface area contributed by atoms with Crippen molar-refractivity contribution in [2.45, 2.75) is 43.0 Å². The fraction of sp³-hybridized carbons (Fsp3) is 0.286. The van der Waals surface area contributed by atoms with E-state index in [1.54, 1.807) is 0 Å². The molecule has 1 heterocycles. The second kappa shape index (κ2) is 8.01. The maximum atomic E-state index is 13.2. The van der Waals surface area contributed by atoms with E-state index in [0.717, 1.165) is 49.1 Å². The smallest absolute Gasteiger partial charge is 0.285 e. The van der Waals surface area contributed by atoms with Crippen LogP contribution in [-0.4, -0.2) is 13.0 Å². The molecule has 7 heteroatoms. The fourth-order valence-electron chi connectivity index (χ4n) is 3.66. The predicted octanol–water partition coefficient (Wildman–Crippen LogP) is 5.15. The van der Waals surface area contributed by atoms with Crippen LogP contribution in [0, 0.1) is 5.82 Å². The Morgan fingerprint density at radius 1 is 0.964 bits per heavy atom. The number of rotatable bonds is 4. The van der Waals surface area contributed by atoms with Crippen LogP contribution in [0.3, 0.4) is 0 Å². The molecule has 0 radical (unpaired) electrons. The summed E-state index contributed by atoms with van der Waals surface area (Å²) in [6.07, 6.45) is 5.50. The van der Waals surface area contributed by atoms with E-state index in [9.17, 15) is 12.8 Å². The van der Waals surface area contributed by atoms with Gasteiger partial charge in [-0.15, -0.1) is 15.7 Å². The highest BCUT2D eigenvalue weighted by molar-refractivity contribution is 7.90. The molecule has 0 atom stereocenters. The highest BCUT2D eigenvalue weighted by atomic mass is 32.2.